The fourth-order valence-corrected chi connectivity index (χ4v) is 3.50. The van der Waals surface area contributed by atoms with E-state index in [4.69, 9.17) is 0 Å². The molecule has 1 aliphatic rings. The van der Waals surface area contributed by atoms with E-state index in [1.807, 2.05) is 0 Å². The molecule has 6 nitrogen and oxygen atoms in total. The first kappa shape index (κ1) is 13.0. The van der Waals surface area contributed by atoms with E-state index in [0.717, 1.165) is 0 Å². The number of hydrogen-bond acceptors (Lipinski definition) is 4. The number of amides is 2. The first-order valence-corrected chi connectivity index (χ1v) is 6.93. The van der Waals surface area contributed by atoms with Crippen LogP contribution in [0.2, 0.25) is 0 Å². The Morgan fingerprint density at radius 1 is 1.31 bits per heavy atom. The highest BCUT2D eigenvalue weighted by atomic mass is 32.2. The summed E-state index contributed by atoms with van der Waals surface area (Å²) in [5.74, 6) is -0.395. The molecule has 1 atom stereocenters. The average Bonchev–Trinajstić information content (AvgIpc) is 2.54. The third-order valence-corrected chi connectivity index (χ3v) is 4.36. The van der Waals surface area contributed by atoms with E-state index in [1.54, 1.807) is 0 Å². The minimum absolute atomic E-state index is 0.0607. The van der Waals surface area contributed by atoms with Gasteiger partial charge in [0, 0.05) is 13.5 Å². The van der Waals surface area contributed by atoms with Gasteiger partial charge in [0.2, 0.25) is 11.8 Å². The summed E-state index contributed by atoms with van der Waals surface area (Å²) in [6, 6.07) is 0. The average molecular weight is 248 g/mol. The molecule has 92 valence electrons. The van der Waals surface area contributed by atoms with Crippen molar-refractivity contribution >= 4 is 21.7 Å². The van der Waals surface area contributed by atoms with E-state index >= 15 is 0 Å². The van der Waals surface area contributed by atoms with Crippen molar-refractivity contribution in [3.63, 3.8) is 0 Å². The van der Waals surface area contributed by atoms with Gasteiger partial charge in [-0.25, -0.2) is 8.42 Å². The van der Waals surface area contributed by atoms with Crippen molar-refractivity contribution in [3.8, 4) is 0 Å². The summed E-state index contributed by atoms with van der Waals surface area (Å²) < 4.78 is 22.3. The molecule has 0 saturated carbocycles. The zero-order chi connectivity index (χ0) is 12.2. The van der Waals surface area contributed by atoms with Crippen molar-refractivity contribution in [1.82, 2.24) is 10.6 Å². The highest BCUT2D eigenvalue weighted by Crippen LogP contribution is 2.21. The fourth-order valence-electron chi connectivity index (χ4n) is 1.63. The van der Waals surface area contributed by atoms with E-state index < -0.39 is 9.84 Å². The van der Waals surface area contributed by atoms with Crippen molar-refractivity contribution in [3.05, 3.63) is 0 Å². The quantitative estimate of drug-likeness (QED) is 0.645. The van der Waals surface area contributed by atoms with E-state index in [0.29, 0.717) is 6.42 Å². The molecule has 1 saturated heterocycles. The number of carbonyl (C=O) groups excluding carboxylic acids is 2. The van der Waals surface area contributed by atoms with Crippen LogP contribution < -0.4 is 10.6 Å². The minimum atomic E-state index is -2.94. The number of hydrogen-bond donors (Lipinski definition) is 2. The van der Waals surface area contributed by atoms with Crippen LogP contribution in [0, 0.1) is 5.92 Å². The Kier molecular flexibility index (Phi) is 4.28. The number of nitrogens with one attached hydrogen (secondary N) is 2. The predicted molar refractivity (Wildman–Crippen MR) is 58.5 cm³/mol. The smallest absolute Gasteiger partial charge is 0.239 e. The maximum atomic E-state index is 11.3. The molecule has 2 amide bonds. The molecule has 2 N–H and O–H groups in total. The lowest BCUT2D eigenvalue weighted by molar-refractivity contribution is -0.126. The van der Waals surface area contributed by atoms with Crippen LogP contribution in [-0.4, -0.2) is 45.3 Å². The molecule has 0 spiro atoms. The van der Waals surface area contributed by atoms with Crippen LogP contribution in [0.5, 0.6) is 0 Å². The molecule has 0 aromatic heterocycles. The minimum Gasteiger partial charge on any atom is -0.358 e. The van der Waals surface area contributed by atoms with Gasteiger partial charge in [0.25, 0.3) is 0 Å². The van der Waals surface area contributed by atoms with Gasteiger partial charge in [-0.2, -0.15) is 0 Å². The molecule has 16 heavy (non-hydrogen) atoms. The van der Waals surface area contributed by atoms with Crippen molar-refractivity contribution in [2.75, 3.05) is 25.1 Å². The molecular formula is C9H16N2O4S. The highest BCUT2D eigenvalue weighted by molar-refractivity contribution is 7.91. The second kappa shape index (κ2) is 5.29. The molecule has 0 aliphatic carbocycles. The van der Waals surface area contributed by atoms with Gasteiger partial charge in [-0.05, 0) is 12.3 Å². The molecule has 0 radical (unpaired) electrons. The first-order valence-electron chi connectivity index (χ1n) is 5.10. The van der Waals surface area contributed by atoms with Crippen LogP contribution in [0.15, 0.2) is 0 Å². The lowest BCUT2D eigenvalue weighted by atomic mass is 10.1. The van der Waals surface area contributed by atoms with E-state index in [2.05, 4.69) is 10.6 Å². The van der Waals surface area contributed by atoms with Crippen LogP contribution in [-0.2, 0) is 19.4 Å². The van der Waals surface area contributed by atoms with Crippen LogP contribution >= 0.6 is 0 Å². The van der Waals surface area contributed by atoms with Gasteiger partial charge in [0.1, 0.15) is 0 Å². The van der Waals surface area contributed by atoms with Crippen LogP contribution in [0.25, 0.3) is 0 Å². The molecule has 0 aromatic rings. The second-order valence-electron chi connectivity index (χ2n) is 3.92. The Hall–Kier alpha value is -1.11. The van der Waals surface area contributed by atoms with Crippen LogP contribution in [0.3, 0.4) is 0 Å². The molecular weight excluding hydrogens is 232 g/mol. The van der Waals surface area contributed by atoms with Gasteiger partial charge in [-0.15, -0.1) is 0 Å². The van der Waals surface area contributed by atoms with Crippen molar-refractivity contribution in [2.45, 2.75) is 12.8 Å². The van der Waals surface area contributed by atoms with Gasteiger partial charge in [0.15, 0.2) is 9.84 Å². The summed E-state index contributed by atoms with van der Waals surface area (Å²) in [5, 5.41) is 4.82. The second-order valence-corrected chi connectivity index (χ2v) is 6.15. The number of likely N-dealkylation sites (N-methyl/N-ethyl adjacent to an activating group) is 1. The van der Waals surface area contributed by atoms with Crippen molar-refractivity contribution in [2.24, 2.45) is 5.92 Å². The lowest BCUT2D eigenvalue weighted by Crippen LogP contribution is -2.35. The largest absolute Gasteiger partial charge is 0.358 e. The van der Waals surface area contributed by atoms with Gasteiger partial charge in [0.05, 0.1) is 18.1 Å². The summed E-state index contributed by atoms with van der Waals surface area (Å²) in [5.41, 5.74) is 0. The highest BCUT2D eigenvalue weighted by Gasteiger charge is 2.29. The van der Waals surface area contributed by atoms with Gasteiger partial charge in [-0.1, -0.05) is 0 Å². The molecule has 1 heterocycles. The maximum absolute atomic E-state index is 11.3. The third-order valence-electron chi connectivity index (χ3n) is 2.53. The van der Waals surface area contributed by atoms with Crippen LogP contribution in [0.4, 0.5) is 0 Å². The summed E-state index contributed by atoms with van der Waals surface area (Å²) in [7, 11) is -1.45. The summed E-state index contributed by atoms with van der Waals surface area (Å²) in [4.78, 5) is 22.2. The van der Waals surface area contributed by atoms with E-state index in [1.165, 1.54) is 7.05 Å². The zero-order valence-corrected chi connectivity index (χ0v) is 9.97. The number of rotatable bonds is 4. The summed E-state index contributed by atoms with van der Waals surface area (Å²) in [6.45, 7) is -0.0607. The standard InChI is InChI=1S/C9H16N2O4S/c1-10-9(13)5-11-8(12)4-7-2-3-16(14,15)6-7/h7H,2-6H2,1H3,(H,10,13)(H,11,12). The van der Waals surface area contributed by atoms with Gasteiger partial charge >= 0.3 is 0 Å². The Labute approximate surface area is 94.7 Å². The maximum Gasteiger partial charge on any atom is 0.239 e. The molecule has 0 aromatic carbocycles. The first-order chi connectivity index (χ1) is 7.43. The monoisotopic (exact) mass is 248 g/mol. The molecule has 1 aliphatic heterocycles. The molecule has 7 heteroatoms. The predicted octanol–water partition coefficient (Wildman–Crippen LogP) is -1.33. The number of carbonyl (C=O) groups is 2. The zero-order valence-electron chi connectivity index (χ0n) is 9.15. The number of sulfone groups is 1. The Morgan fingerprint density at radius 2 is 2.00 bits per heavy atom. The Bertz CT molecular complexity index is 377. The molecule has 0 bridgehead atoms. The third kappa shape index (κ3) is 4.18. The Balaban J connectivity index is 2.28. The Morgan fingerprint density at radius 3 is 2.50 bits per heavy atom. The van der Waals surface area contributed by atoms with E-state index in [9.17, 15) is 18.0 Å². The van der Waals surface area contributed by atoms with Gasteiger partial charge in [-0.3, -0.25) is 9.59 Å². The lowest BCUT2D eigenvalue weighted by Gasteiger charge is -2.07. The van der Waals surface area contributed by atoms with Gasteiger partial charge < -0.3 is 10.6 Å². The molecule has 1 fully saturated rings. The topological polar surface area (TPSA) is 92.3 Å². The molecule has 1 unspecified atom stereocenters. The normalized spacial score (nSPS) is 22.7. The SMILES string of the molecule is CNC(=O)CNC(=O)CC1CCS(=O)(=O)C1. The van der Waals surface area contributed by atoms with E-state index in [-0.39, 0.29) is 42.2 Å². The van der Waals surface area contributed by atoms with Crippen LogP contribution in [0.1, 0.15) is 12.8 Å². The van der Waals surface area contributed by atoms with Crippen molar-refractivity contribution in [1.29, 1.82) is 0 Å². The summed E-state index contributed by atoms with van der Waals surface area (Å²) in [6.07, 6.45) is 0.714. The molecule has 1 rings (SSSR count). The summed E-state index contributed by atoms with van der Waals surface area (Å²) >= 11 is 0. The fraction of sp³-hybridized carbons (Fsp3) is 0.778. The van der Waals surface area contributed by atoms with Crippen molar-refractivity contribution < 1.29 is 18.0 Å².